The second-order valence-corrected chi connectivity index (χ2v) is 5.29. The summed E-state index contributed by atoms with van der Waals surface area (Å²) in [6.45, 7) is 4.10. The first-order chi connectivity index (χ1) is 9.02. The van der Waals surface area contributed by atoms with E-state index in [1.54, 1.807) is 4.68 Å². The standard InChI is InChI=1S/C15H20ClN3/c1-10-5-7-12(8-6-10)14(17-3)9-13-11(2)18-19(4)15(13)16/h5-8,14,17H,9H2,1-4H3. The van der Waals surface area contributed by atoms with E-state index in [-0.39, 0.29) is 6.04 Å². The van der Waals surface area contributed by atoms with E-state index in [1.807, 2.05) is 21.0 Å². The van der Waals surface area contributed by atoms with Gasteiger partial charge >= 0.3 is 0 Å². The Balaban J connectivity index is 2.26. The number of hydrogen-bond acceptors (Lipinski definition) is 2. The fraction of sp³-hybridized carbons (Fsp3) is 0.400. The Morgan fingerprint density at radius 1 is 1.26 bits per heavy atom. The maximum absolute atomic E-state index is 6.30. The van der Waals surface area contributed by atoms with Gasteiger partial charge in [-0.05, 0) is 32.9 Å². The number of nitrogens with one attached hydrogen (secondary N) is 1. The van der Waals surface area contributed by atoms with Crippen molar-refractivity contribution in [1.29, 1.82) is 0 Å². The summed E-state index contributed by atoms with van der Waals surface area (Å²) >= 11 is 6.30. The topological polar surface area (TPSA) is 29.9 Å². The smallest absolute Gasteiger partial charge is 0.130 e. The molecule has 1 unspecified atom stereocenters. The molecule has 0 aliphatic rings. The lowest BCUT2D eigenvalue weighted by Crippen LogP contribution is -2.19. The molecule has 0 bridgehead atoms. The average Bonchev–Trinajstić information content (AvgIpc) is 2.63. The van der Waals surface area contributed by atoms with Crippen molar-refractivity contribution in [3.8, 4) is 0 Å². The molecule has 0 saturated carbocycles. The second-order valence-electron chi connectivity index (χ2n) is 4.93. The molecule has 1 N–H and O–H groups in total. The molecule has 4 heteroatoms. The third-order valence-corrected chi connectivity index (χ3v) is 3.98. The normalized spacial score (nSPS) is 12.7. The van der Waals surface area contributed by atoms with Gasteiger partial charge in [-0.25, -0.2) is 0 Å². The van der Waals surface area contributed by atoms with Crippen LogP contribution in [0.2, 0.25) is 5.15 Å². The molecule has 19 heavy (non-hydrogen) atoms. The quantitative estimate of drug-likeness (QED) is 0.930. The molecule has 0 radical (unpaired) electrons. The lowest BCUT2D eigenvalue weighted by Gasteiger charge is -2.17. The van der Waals surface area contributed by atoms with Gasteiger partial charge in [0.15, 0.2) is 0 Å². The number of likely N-dealkylation sites (N-methyl/N-ethyl adjacent to an activating group) is 1. The molecule has 0 aliphatic heterocycles. The molecule has 0 spiro atoms. The maximum atomic E-state index is 6.30. The highest BCUT2D eigenvalue weighted by Crippen LogP contribution is 2.25. The highest BCUT2D eigenvalue weighted by Gasteiger charge is 2.17. The van der Waals surface area contributed by atoms with Crippen molar-refractivity contribution < 1.29 is 0 Å². The molecule has 2 aromatic rings. The third kappa shape index (κ3) is 2.99. The fourth-order valence-corrected chi connectivity index (χ4v) is 2.55. The molecular formula is C15H20ClN3. The Bertz CT molecular complexity index is 558. The molecule has 3 nitrogen and oxygen atoms in total. The van der Waals surface area contributed by atoms with Crippen LogP contribution in [0.4, 0.5) is 0 Å². The van der Waals surface area contributed by atoms with Crippen LogP contribution in [-0.4, -0.2) is 16.8 Å². The zero-order valence-electron chi connectivity index (χ0n) is 11.9. The van der Waals surface area contributed by atoms with Crippen LogP contribution in [-0.2, 0) is 13.5 Å². The van der Waals surface area contributed by atoms with E-state index in [4.69, 9.17) is 11.6 Å². The Morgan fingerprint density at radius 3 is 2.37 bits per heavy atom. The number of aromatic nitrogens is 2. The van der Waals surface area contributed by atoms with Crippen LogP contribution >= 0.6 is 11.6 Å². The van der Waals surface area contributed by atoms with Crippen LogP contribution in [0.1, 0.15) is 28.4 Å². The van der Waals surface area contributed by atoms with Gasteiger partial charge in [-0.3, -0.25) is 4.68 Å². The van der Waals surface area contributed by atoms with Crippen LogP contribution in [0.15, 0.2) is 24.3 Å². The number of halogens is 1. The van der Waals surface area contributed by atoms with Crippen molar-refractivity contribution in [3.63, 3.8) is 0 Å². The van der Waals surface area contributed by atoms with Crippen molar-refractivity contribution in [1.82, 2.24) is 15.1 Å². The van der Waals surface area contributed by atoms with Crippen LogP contribution in [0.3, 0.4) is 0 Å². The van der Waals surface area contributed by atoms with Gasteiger partial charge in [0.05, 0.1) is 5.69 Å². The summed E-state index contributed by atoms with van der Waals surface area (Å²) in [6.07, 6.45) is 0.845. The number of benzene rings is 1. The molecule has 0 amide bonds. The van der Waals surface area contributed by atoms with Crippen molar-refractivity contribution in [2.45, 2.75) is 26.3 Å². The number of hydrogen-bond donors (Lipinski definition) is 1. The van der Waals surface area contributed by atoms with Crippen LogP contribution in [0.5, 0.6) is 0 Å². The Labute approximate surface area is 119 Å². The summed E-state index contributed by atoms with van der Waals surface area (Å²) in [4.78, 5) is 0. The van der Waals surface area contributed by atoms with E-state index in [2.05, 4.69) is 41.6 Å². The molecule has 0 aliphatic carbocycles. The highest BCUT2D eigenvalue weighted by molar-refractivity contribution is 6.30. The Kier molecular flexibility index (Phi) is 4.27. The molecule has 1 atom stereocenters. The van der Waals surface area contributed by atoms with Gasteiger partial charge in [-0.15, -0.1) is 0 Å². The van der Waals surface area contributed by atoms with Crippen molar-refractivity contribution in [3.05, 3.63) is 51.8 Å². The van der Waals surface area contributed by atoms with Gasteiger partial charge in [0.1, 0.15) is 5.15 Å². The minimum absolute atomic E-state index is 0.251. The van der Waals surface area contributed by atoms with Crippen molar-refractivity contribution >= 4 is 11.6 Å². The summed E-state index contributed by atoms with van der Waals surface area (Å²) in [5.74, 6) is 0. The number of nitrogens with zero attached hydrogens (tertiary/aromatic N) is 2. The molecule has 1 aromatic carbocycles. The second kappa shape index (κ2) is 5.76. The van der Waals surface area contributed by atoms with Crippen LogP contribution in [0, 0.1) is 13.8 Å². The minimum Gasteiger partial charge on any atom is -0.313 e. The van der Waals surface area contributed by atoms with Gasteiger partial charge in [0.25, 0.3) is 0 Å². The lowest BCUT2D eigenvalue weighted by molar-refractivity contribution is 0.590. The van der Waals surface area contributed by atoms with Gasteiger partial charge in [-0.2, -0.15) is 5.10 Å². The molecule has 1 aromatic heterocycles. The van der Waals surface area contributed by atoms with Crippen LogP contribution < -0.4 is 5.32 Å². The predicted molar refractivity (Wildman–Crippen MR) is 79.6 cm³/mol. The van der Waals surface area contributed by atoms with E-state index < -0.39 is 0 Å². The summed E-state index contributed by atoms with van der Waals surface area (Å²) < 4.78 is 1.73. The van der Waals surface area contributed by atoms with E-state index in [1.165, 1.54) is 11.1 Å². The largest absolute Gasteiger partial charge is 0.313 e. The number of aryl methyl sites for hydroxylation is 3. The minimum atomic E-state index is 0.251. The summed E-state index contributed by atoms with van der Waals surface area (Å²) in [7, 11) is 3.85. The van der Waals surface area contributed by atoms with E-state index >= 15 is 0 Å². The lowest BCUT2D eigenvalue weighted by atomic mass is 9.98. The number of rotatable bonds is 4. The summed E-state index contributed by atoms with van der Waals surface area (Å²) in [5.41, 5.74) is 4.66. The average molecular weight is 278 g/mol. The molecule has 0 saturated heterocycles. The van der Waals surface area contributed by atoms with Crippen molar-refractivity contribution in [2.24, 2.45) is 7.05 Å². The maximum Gasteiger partial charge on any atom is 0.130 e. The van der Waals surface area contributed by atoms with Crippen LogP contribution in [0.25, 0.3) is 0 Å². The fourth-order valence-electron chi connectivity index (χ4n) is 2.30. The van der Waals surface area contributed by atoms with E-state index in [0.717, 1.165) is 22.8 Å². The van der Waals surface area contributed by atoms with Crippen molar-refractivity contribution in [2.75, 3.05) is 7.05 Å². The molecule has 102 valence electrons. The van der Waals surface area contributed by atoms with Gasteiger partial charge in [0.2, 0.25) is 0 Å². The van der Waals surface area contributed by atoms with Gasteiger partial charge in [0, 0.05) is 18.7 Å². The Hall–Kier alpha value is -1.32. The zero-order valence-corrected chi connectivity index (χ0v) is 12.6. The molecule has 1 heterocycles. The molecule has 0 fully saturated rings. The Morgan fingerprint density at radius 2 is 1.89 bits per heavy atom. The van der Waals surface area contributed by atoms with Gasteiger partial charge < -0.3 is 5.32 Å². The highest BCUT2D eigenvalue weighted by atomic mass is 35.5. The SMILES string of the molecule is CNC(Cc1c(C)nn(C)c1Cl)c1ccc(C)cc1. The summed E-state index contributed by atoms with van der Waals surface area (Å²) in [6, 6.07) is 8.85. The van der Waals surface area contributed by atoms with Gasteiger partial charge in [-0.1, -0.05) is 41.4 Å². The first kappa shape index (κ1) is 14.1. The first-order valence-corrected chi connectivity index (χ1v) is 6.82. The van der Waals surface area contributed by atoms with E-state index in [0.29, 0.717) is 0 Å². The molecular weight excluding hydrogens is 258 g/mol. The zero-order chi connectivity index (χ0) is 14.0. The predicted octanol–water partition coefficient (Wildman–Crippen LogP) is 3.19. The third-order valence-electron chi connectivity index (χ3n) is 3.51. The monoisotopic (exact) mass is 277 g/mol. The summed E-state index contributed by atoms with van der Waals surface area (Å²) in [5, 5.41) is 8.44. The van der Waals surface area contributed by atoms with E-state index in [9.17, 15) is 0 Å². The molecule has 2 rings (SSSR count). The first-order valence-electron chi connectivity index (χ1n) is 6.44.